The number of amidine groups is 1. The van der Waals surface area contributed by atoms with Crippen LogP contribution in [0.1, 0.15) is 12.8 Å². The van der Waals surface area contributed by atoms with Crippen LogP contribution in [0.4, 0.5) is 4.79 Å². The quantitative estimate of drug-likeness (QED) is 0.552. The summed E-state index contributed by atoms with van der Waals surface area (Å²) in [5.74, 6) is 1.53. The lowest BCUT2D eigenvalue weighted by atomic mass is 10.1. The van der Waals surface area contributed by atoms with E-state index in [1.165, 1.54) is 0 Å². The van der Waals surface area contributed by atoms with E-state index < -0.39 is 0 Å². The van der Waals surface area contributed by atoms with E-state index in [2.05, 4.69) is 17.8 Å². The van der Waals surface area contributed by atoms with Gasteiger partial charge in [-0.1, -0.05) is 6.08 Å². The number of carbonyl (C=O) groups is 1. The number of rotatable bonds is 6. The van der Waals surface area contributed by atoms with Crippen molar-refractivity contribution in [1.29, 1.82) is 0 Å². The third-order valence-corrected chi connectivity index (χ3v) is 3.04. The molecule has 0 radical (unpaired) electrons. The van der Waals surface area contributed by atoms with Crippen LogP contribution in [0.25, 0.3) is 0 Å². The van der Waals surface area contributed by atoms with Gasteiger partial charge in [-0.2, -0.15) is 16.8 Å². The van der Waals surface area contributed by atoms with Gasteiger partial charge in [0.1, 0.15) is 5.84 Å². The lowest BCUT2D eigenvalue weighted by Crippen LogP contribution is -2.40. The molecule has 0 saturated heterocycles. The van der Waals surface area contributed by atoms with E-state index in [0.29, 0.717) is 12.4 Å². The number of carbonyl (C=O) groups excluding carboxylic acids is 1. The zero-order valence-corrected chi connectivity index (χ0v) is 9.80. The van der Waals surface area contributed by atoms with E-state index in [0.717, 1.165) is 18.6 Å². The summed E-state index contributed by atoms with van der Waals surface area (Å²) < 4.78 is 0. The molecule has 0 aliphatic carbocycles. The number of thioether (sulfide) groups is 1. The van der Waals surface area contributed by atoms with Gasteiger partial charge in [0.05, 0.1) is 6.04 Å². The predicted molar refractivity (Wildman–Crippen MR) is 65.3 cm³/mol. The highest BCUT2D eigenvalue weighted by Crippen LogP contribution is 2.16. The summed E-state index contributed by atoms with van der Waals surface area (Å²) in [6.07, 6.45) is 5.70. The fourth-order valence-corrected chi connectivity index (χ4v) is 2.07. The zero-order valence-electron chi connectivity index (χ0n) is 8.98. The summed E-state index contributed by atoms with van der Waals surface area (Å²) in [6, 6.07) is -0.260. The lowest BCUT2D eigenvalue weighted by Gasteiger charge is -2.22. The van der Waals surface area contributed by atoms with Gasteiger partial charge in [-0.25, -0.2) is 4.79 Å². The van der Waals surface area contributed by atoms with Crippen molar-refractivity contribution < 1.29 is 4.79 Å². The highest BCUT2D eigenvalue weighted by Gasteiger charge is 2.31. The van der Waals surface area contributed by atoms with Crippen LogP contribution in [-0.2, 0) is 0 Å². The molecule has 15 heavy (non-hydrogen) atoms. The largest absolute Gasteiger partial charge is 0.385 e. The summed E-state index contributed by atoms with van der Waals surface area (Å²) >= 11 is 1.80. The molecule has 0 aromatic rings. The van der Waals surface area contributed by atoms with Crippen LogP contribution in [0.15, 0.2) is 17.6 Å². The number of hydrogen-bond acceptors (Lipinski definition) is 3. The lowest BCUT2D eigenvalue weighted by molar-refractivity contribution is 0.210. The van der Waals surface area contributed by atoms with Gasteiger partial charge < -0.3 is 10.6 Å². The van der Waals surface area contributed by atoms with Crippen LogP contribution in [0.2, 0.25) is 0 Å². The van der Waals surface area contributed by atoms with Gasteiger partial charge in [-0.3, -0.25) is 0 Å². The Morgan fingerprint density at radius 2 is 2.47 bits per heavy atom. The number of hydrogen-bond donors (Lipinski definition) is 1. The van der Waals surface area contributed by atoms with Crippen LogP contribution in [-0.4, -0.2) is 41.4 Å². The van der Waals surface area contributed by atoms with E-state index in [1.807, 2.05) is 0 Å². The molecule has 84 valence electrons. The van der Waals surface area contributed by atoms with Crippen molar-refractivity contribution in [3.05, 3.63) is 12.7 Å². The van der Waals surface area contributed by atoms with Gasteiger partial charge in [0.25, 0.3) is 0 Å². The Morgan fingerprint density at radius 1 is 1.73 bits per heavy atom. The Morgan fingerprint density at radius 3 is 3.07 bits per heavy atom. The molecule has 4 nitrogen and oxygen atoms in total. The van der Waals surface area contributed by atoms with Crippen LogP contribution < -0.4 is 5.73 Å². The third-order valence-electron chi connectivity index (χ3n) is 2.34. The summed E-state index contributed by atoms with van der Waals surface area (Å²) in [6.45, 7) is 4.15. The van der Waals surface area contributed by atoms with Crippen LogP contribution in [0.5, 0.6) is 0 Å². The molecule has 0 aromatic heterocycles. The average molecular weight is 227 g/mol. The molecule has 1 aliphatic heterocycles. The molecule has 2 amide bonds. The molecule has 1 rings (SSSR count). The molecule has 1 aliphatic rings. The molecule has 0 fully saturated rings. The van der Waals surface area contributed by atoms with Crippen molar-refractivity contribution >= 4 is 23.6 Å². The standard InChI is InChI=1S/C10H17N3OS/c1-3-6-13-8(5-4-7-15-2)9(11)12-10(13)14/h3,8H,1,4-7H2,2H3,(H2,11,12,14). The summed E-state index contributed by atoms with van der Waals surface area (Å²) in [7, 11) is 0. The molecule has 2 N–H and O–H groups in total. The second kappa shape index (κ2) is 5.80. The first kappa shape index (κ1) is 12.1. The van der Waals surface area contributed by atoms with Gasteiger partial charge in [-0.05, 0) is 24.9 Å². The molecule has 0 saturated carbocycles. The Balaban J connectivity index is 2.54. The minimum Gasteiger partial charge on any atom is -0.385 e. The maximum atomic E-state index is 11.4. The van der Waals surface area contributed by atoms with Crippen LogP contribution >= 0.6 is 11.8 Å². The summed E-state index contributed by atoms with van der Waals surface area (Å²) in [5.41, 5.74) is 5.72. The summed E-state index contributed by atoms with van der Waals surface area (Å²) in [4.78, 5) is 16.9. The minimum absolute atomic E-state index is 0.0253. The van der Waals surface area contributed by atoms with E-state index in [-0.39, 0.29) is 12.1 Å². The normalized spacial score (nSPS) is 20.6. The van der Waals surface area contributed by atoms with Gasteiger partial charge in [0.2, 0.25) is 0 Å². The Hall–Kier alpha value is -0.970. The monoisotopic (exact) mass is 227 g/mol. The second-order valence-electron chi connectivity index (χ2n) is 3.41. The fraction of sp³-hybridized carbons (Fsp3) is 0.600. The number of urea groups is 1. The maximum absolute atomic E-state index is 11.4. The fourth-order valence-electron chi connectivity index (χ4n) is 1.61. The second-order valence-corrected chi connectivity index (χ2v) is 4.40. The van der Waals surface area contributed by atoms with Crippen molar-refractivity contribution in [2.45, 2.75) is 18.9 Å². The van der Waals surface area contributed by atoms with E-state index in [1.54, 1.807) is 22.7 Å². The van der Waals surface area contributed by atoms with Crippen molar-refractivity contribution in [3.63, 3.8) is 0 Å². The minimum atomic E-state index is -0.235. The molecule has 0 spiro atoms. The van der Waals surface area contributed by atoms with Crippen molar-refractivity contribution in [1.82, 2.24) is 4.90 Å². The predicted octanol–water partition coefficient (Wildman–Crippen LogP) is 1.48. The Kier molecular flexibility index (Phi) is 4.68. The average Bonchev–Trinajstić information content (AvgIpc) is 2.45. The van der Waals surface area contributed by atoms with Gasteiger partial charge in [0.15, 0.2) is 0 Å². The van der Waals surface area contributed by atoms with Crippen LogP contribution in [0.3, 0.4) is 0 Å². The van der Waals surface area contributed by atoms with Crippen LogP contribution in [0, 0.1) is 0 Å². The molecule has 0 aromatic carbocycles. The van der Waals surface area contributed by atoms with Gasteiger partial charge >= 0.3 is 6.03 Å². The SMILES string of the molecule is C=CCN1C(=O)N=C(N)C1CCCSC. The number of amides is 2. The van der Waals surface area contributed by atoms with Crippen molar-refractivity contribution in [2.75, 3.05) is 18.6 Å². The topological polar surface area (TPSA) is 58.7 Å². The first-order chi connectivity index (χ1) is 7.20. The Labute approximate surface area is 94.6 Å². The summed E-state index contributed by atoms with van der Waals surface area (Å²) in [5, 5.41) is 0. The van der Waals surface area contributed by atoms with Gasteiger partial charge in [0, 0.05) is 6.54 Å². The van der Waals surface area contributed by atoms with Gasteiger partial charge in [-0.15, -0.1) is 6.58 Å². The Bertz CT molecular complexity index is 278. The van der Waals surface area contributed by atoms with E-state index >= 15 is 0 Å². The molecule has 5 heteroatoms. The molecule has 1 heterocycles. The van der Waals surface area contributed by atoms with Crippen molar-refractivity contribution in [3.8, 4) is 0 Å². The smallest absolute Gasteiger partial charge is 0.346 e. The zero-order chi connectivity index (χ0) is 11.3. The molecular weight excluding hydrogens is 210 g/mol. The first-order valence-corrected chi connectivity index (χ1v) is 6.34. The molecular formula is C10H17N3OS. The maximum Gasteiger partial charge on any atom is 0.346 e. The number of aliphatic imine (C=N–C) groups is 1. The number of nitrogens with two attached hydrogens (primary N) is 1. The highest BCUT2D eigenvalue weighted by atomic mass is 32.2. The van der Waals surface area contributed by atoms with E-state index in [4.69, 9.17) is 5.73 Å². The molecule has 1 unspecified atom stereocenters. The number of nitrogens with zero attached hydrogens (tertiary/aromatic N) is 2. The van der Waals surface area contributed by atoms with Crippen molar-refractivity contribution in [2.24, 2.45) is 10.7 Å². The molecule has 0 bridgehead atoms. The first-order valence-electron chi connectivity index (χ1n) is 4.95. The highest BCUT2D eigenvalue weighted by molar-refractivity contribution is 7.98. The van der Waals surface area contributed by atoms with E-state index in [9.17, 15) is 4.79 Å². The third kappa shape index (κ3) is 2.99. The molecule has 1 atom stereocenters.